The first-order valence-electron chi connectivity index (χ1n) is 9.07. The third-order valence-corrected chi connectivity index (χ3v) is 7.71. The first-order chi connectivity index (χ1) is 13.0. The molecule has 1 atom stereocenters. The van der Waals surface area contributed by atoms with Gasteiger partial charge in [0.2, 0.25) is 0 Å². The fraction of sp³-hybridized carbons (Fsp3) is 0.588. The predicted octanol–water partition coefficient (Wildman–Crippen LogP) is 1.10. The molecule has 27 heavy (non-hydrogen) atoms. The minimum absolute atomic E-state index is 0.150. The zero-order valence-corrected chi connectivity index (χ0v) is 16.5. The van der Waals surface area contributed by atoms with Gasteiger partial charge in [0.1, 0.15) is 0 Å². The number of hydrogen-bond donors (Lipinski definition) is 0. The number of nitrogens with zero attached hydrogens (tertiary/aromatic N) is 5. The van der Waals surface area contributed by atoms with Gasteiger partial charge in [0.05, 0.1) is 29.6 Å². The molecule has 0 radical (unpaired) electrons. The largest absolute Gasteiger partial charge is 0.378 e. The van der Waals surface area contributed by atoms with Crippen molar-refractivity contribution in [1.29, 1.82) is 5.26 Å². The van der Waals surface area contributed by atoms with Crippen LogP contribution in [0.3, 0.4) is 0 Å². The summed E-state index contributed by atoms with van der Waals surface area (Å²) in [5.74, 6) is 0. The van der Waals surface area contributed by atoms with Crippen molar-refractivity contribution in [3.05, 3.63) is 23.2 Å². The molecule has 1 aromatic rings. The normalized spacial score (nSPS) is 25.8. The molecule has 0 amide bonds. The summed E-state index contributed by atoms with van der Waals surface area (Å²) in [5, 5.41) is 9.56. The summed E-state index contributed by atoms with van der Waals surface area (Å²) in [6.07, 6.45) is 2.78. The van der Waals surface area contributed by atoms with Crippen molar-refractivity contribution in [3.63, 3.8) is 0 Å². The molecule has 0 unspecified atom stereocenters. The van der Waals surface area contributed by atoms with Crippen LogP contribution in [-0.4, -0.2) is 76.1 Å². The monoisotopic (exact) mass is 411 g/mol. The first-order valence-corrected chi connectivity index (χ1v) is 10.8. The summed E-state index contributed by atoms with van der Waals surface area (Å²) in [5.41, 5.74) is 1.48. The van der Waals surface area contributed by atoms with Crippen molar-refractivity contribution >= 4 is 33.2 Å². The molecule has 3 aliphatic rings. The van der Waals surface area contributed by atoms with E-state index >= 15 is 0 Å². The van der Waals surface area contributed by atoms with Crippen LogP contribution in [0.15, 0.2) is 18.2 Å². The Hall–Kier alpha value is -1.73. The number of morpholine rings is 1. The van der Waals surface area contributed by atoms with Gasteiger partial charge in [-0.1, -0.05) is 11.6 Å². The second kappa shape index (κ2) is 7.36. The second-order valence-corrected chi connectivity index (χ2v) is 9.13. The van der Waals surface area contributed by atoms with E-state index in [1.54, 1.807) is 11.0 Å². The Kier molecular flexibility index (Phi) is 5.07. The number of nitriles is 1. The van der Waals surface area contributed by atoms with E-state index in [1.165, 1.54) is 8.61 Å². The van der Waals surface area contributed by atoms with Gasteiger partial charge in [0.15, 0.2) is 6.19 Å². The third-order valence-electron chi connectivity index (χ3n) is 5.38. The Labute approximate surface area is 164 Å². The molecule has 0 saturated carbocycles. The fourth-order valence-corrected chi connectivity index (χ4v) is 6.06. The lowest BCUT2D eigenvalue weighted by Crippen LogP contribution is -2.41. The van der Waals surface area contributed by atoms with E-state index < -0.39 is 10.2 Å². The molecule has 3 saturated heterocycles. The molecule has 0 spiro atoms. The van der Waals surface area contributed by atoms with Crippen LogP contribution in [0.5, 0.6) is 0 Å². The van der Waals surface area contributed by atoms with Crippen molar-refractivity contribution in [2.24, 2.45) is 0 Å². The maximum absolute atomic E-state index is 13.1. The Morgan fingerprint density at radius 3 is 2.59 bits per heavy atom. The molecule has 4 rings (SSSR count). The smallest absolute Gasteiger partial charge is 0.304 e. The Morgan fingerprint density at radius 2 is 1.93 bits per heavy atom. The highest BCUT2D eigenvalue weighted by molar-refractivity contribution is 7.90. The van der Waals surface area contributed by atoms with E-state index in [2.05, 4.69) is 11.1 Å². The molecule has 0 N–H and O–H groups in total. The molecular weight excluding hydrogens is 390 g/mol. The summed E-state index contributed by atoms with van der Waals surface area (Å²) < 4.78 is 34.4. The highest BCUT2D eigenvalue weighted by Crippen LogP contribution is 2.35. The zero-order chi connectivity index (χ0) is 19.0. The van der Waals surface area contributed by atoms with Crippen LogP contribution in [0.2, 0.25) is 5.02 Å². The standard InChI is InChI=1S/C17H22ClN5O3S/c18-16-11-14(1-2-17(16)21-7-9-26-10-8-21)22-5-6-23(27(22,24)25)15-3-4-20(12-15)13-19/h1-2,11,15H,3-10,12H2/t15-/m1/s1. The molecule has 0 aromatic heterocycles. The summed E-state index contributed by atoms with van der Waals surface area (Å²) in [6, 6.07) is 5.27. The molecule has 1 aromatic carbocycles. The number of likely N-dealkylation sites (tertiary alicyclic amines) is 1. The summed E-state index contributed by atoms with van der Waals surface area (Å²) in [7, 11) is -3.61. The van der Waals surface area contributed by atoms with Crippen LogP contribution >= 0.6 is 11.6 Å². The second-order valence-electron chi connectivity index (χ2n) is 6.91. The Balaban J connectivity index is 1.53. The fourth-order valence-electron chi connectivity index (χ4n) is 3.96. The van der Waals surface area contributed by atoms with Gasteiger partial charge in [-0.15, -0.1) is 0 Å². The summed E-state index contributed by atoms with van der Waals surface area (Å²) in [6.45, 7) is 4.74. The number of anilines is 2. The van der Waals surface area contributed by atoms with E-state index in [0.717, 1.165) is 18.8 Å². The van der Waals surface area contributed by atoms with Crippen molar-refractivity contribution in [1.82, 2.24) is 9.21 Å². The topological polar surface area (TPSA) is 80.1 Å². The van der Waals surface area contributed by atoms with Gasteiger partial charge in [-0.2, -0.15) is 18.0 Å². The van der Waals surface area contributed by atoms with Gasteiger partial charge < -0.3 is 14.5 Å². The lowest BCUT2D eigenvalue weighted by atomic mass is 10.2. The van der Waals surface area contributed by atoms with Gasteiger partial charge in [0.25, 0.3) is 0 Å². The molecule has 3 heterocycles. The van der Waals surface area contributed by atoms with Crippen molar-refractivity contribution < 1.29 is 13.2 Å². The highest BCUT2D eigenvalue weighted by Gasteiger charge is 2.43. The van der Waals surface area contributed by atoms with Crippen LogP contribution in [-0.2, 0) is 14.9 Å². The minimum atomic E-state index is -3.61. The molecule has 8 nitrogen and oxygen atoms in total. The molecular formula is C17H22ClN5O3S. The number of benzene rings is 1. The Bertz CT molecular complexity index is 853. The molecule has 3 fully saturated rings. The summed E-state index contributed by atoms with van der Waals surface area (Å²) in [4.78, 5) is 3.76. The molecule has 3 aliphatic heterocycles. The van der Waals surface area contributed by atoms with E-state index in [4.69, 9.17) is 21.6 Å². The molecule has 0 bridgehead atoms. The lowest BCUT2D eigenvalue weighted by Gasteiger charge is -2.30. The predicted molar refractivity (Wildman–Crippen MR) is 103 cm³/mol. The van der Waals surface area contributed by atoms with Crippen LogP contribution in [0.25, 0.3) is 0 Å². The Morgan fingerprint density at radius 1 is 1.15 bits per heavy atom. The van der Waals surface area contributed by atoms with E-state index in [0.29, 0.717) is 56.5 Å². The van der Waals surface area contributed by atoms with Crippen LogP contribution in [0, 0.1) is 11.5 Å². The van der Waals surface area contributed by atoms with Crippen LogP contribution in [0.4, 0.5) is 11.4 Å². The van der Waals surface area contributed by atoms with E-state index in [9.17, 15) is 8.42 Å². The first kappa shape index (κ1) is 18.6. The highest BCUT2D eigenvalue weighted by atomic mass is 35.5. The maximum atomic E-state index is 13.1. The van der Waals surface area contributed by atoms with Gasteiger partial charge in [0, 0.05) is 45.3 Å². The maximum Gasteiger partial charge on any atom is 0.304 e. The quantitative estimate of drug-likeness (QED) is 0.693. The molecule has 10 heteroatoms. The molecule has 146 valence electrons. The average molecular weight is 412 g/mol. The van der Waals surface area contributed by atoms with E-state index in [-0.39, 0.29) is 6.04 Å². The number of halogens is 1. The number of ether oxygens (including phenoxy) is 1. The third kappa shape index (κ3) is 3.43. The van der Waals surface area contributed by atoms with Crippen LogP contribution < -0.4 is 9.21 Å². The number of rotatable bonds is 3. The van der Waals surface area contributed by atoms with Crippen molar-refractivity contribution in [2.45, 2.75) is 12.5 Å². The van der Waals surface area contributed by atoms with Gasteiger partial charge in [-0.05, 0) is 24.6 Å². The van der Waals surface area contributed by atoms with Crippen molar-refractivity contribution in [3.8, 4) is 6.19 Å². The van der Waals surface area contributed by atoms with Gasteiger partial charge in [-0.3, -0.25) is 4.31 Å². The van der Waals surface area contributed by atoms with Crippen molar-refractivity contribution in [2.75, 3.05) is 61.7 Å². The zero-order valence-electron chi connectivity index (χ0n) is 14.9. The SMILES string of the molecule is N#CN1CC[C@@H](N2CCN(c3ccc(N4CCOCC4)c(Cl)c3)S2(=O)=O)C1. The summed E-state index contributed by atoms with van der Waals surface area (Å²) >= 11 is 6.48. The van der Waals surface area contributed by atoms with Crippen LogP contribution in [0.1, 0.15) is 6.42 Å². The van der Waals surface area contributed by atoms with Gasteiger partial charge >= 0.3 is 10.2 Å². The average Bonchev–Trinajstić information content (AvgIpc) is 3.25. The lowest BCUT2D eigenvalue weighted by molar-refractivity contribution is 0.122. The van der Waals surface area contributed by atoms with E-state index in [1.807, 2.05) is 12.1 Å². The minimum Gasteiger partial charge on any atom is -0.378 e. The van der Waals surface area contributed by atoms with Gasteiger partial charge in [-0.25, -0.2) is 0 Å². The molecule has 0 aliphatic carbocycles. The number of hydrogen-bond acceptors (Lipinski definition) is 6.